The molecule has 1 fully saturated rings. The number of carbonyl (C=O) groups excluding carboxylic acids is 1. The summed E-state index contributed by atoms with van der Waals surface area (Å²) in [6.07, 6.45) is -0.282. The number of hydrogen-bond acceptors (Lipinski definition) is 17. The Bertz CT molecular complexity index is 3540. The predicted molar refractivity (Wildman–Crippen MR) is 327 cm³/mol. The number of anilines is 2. The number of rotatable bonds is 28. The molecule has 1 amide bonds. The van der Waals surface area contributed by atoms with Crippen LogP contribution in [-0.4, -0.2) is 102 Å². The number of fused-ring (bicyclic) bond motifs is 2. The molecule has 19 nitrogen and oxygen atoms in total. The van der Waals surface area contributed by atoms with Crippen LogP contribution < -0.4 is 34.8 Å². The van der Waals surface area contributed by atoms with Crippen LogP contribution in [0.4, 0.5) is 11.6 Å². The molecule has 9 rings (SSSR count). The number of nitrogens with one attached hydrogen (secondary N) is 1. The first-order valence-electron chi connectivity index (χ1n) is 28.8. The lowest BCUT2D eigenvalue weighted by Crippen LogP contribution is -2.39. The minimum absolute atomic E-state index is 0.000406. The van der Waals surface area contributed by atoms with Crippen molar-refractivity contribution < 1.29 is 46.7 Å². The Morgan fingerprint density at radius 2 is 1.47 bits per heavy atom. The molecule has 0 bridgehead atoms. The Balaban J connectivity index is 1.11. The van der Waals surface area contributed by atoms with E-state index in [0.29, 0.717) is 34.1 Å². The molecule has 85 heavy (non-hydrogen) atoms. The molecule has 0 spiro atoms. The third kappa shape index (κ3) is 14.3. The fourth-order valence-corrected chi connectivity index (χ4v) is 12.3. The molecule has 446 valence electrons. The average Bonchev–Trinajstić information content (AvgIpc) is 3.69. The summed E-state index contributed by atoms with van der Waals surface area (Å²) >= 11 is 0. The van der Waals surface area contributed by atoms with Gasteiger partial charge in [0.15, 0.2) is 17.8 Å². The lowest BCUT2D eigenvalue weighted by Gasteiger charge is -2.39. The number of carbonyl (C=O) groups is 1. The highest BCUT2D eigenvalue weighted by molar-refractivity contribution is 7.44. The van der Waals surface area contributed by atoms with Crippen LogP contribution in [0.2, 0.25) is 0 Å². The van der Waals surface area contributed by atoms with Gasteiger partial charge in [-0.2, -0.15) is 15.2 Å². The Morgan fingerprint density at radius 1 is 0.824 bits per heavy atom. The highest BCUT2D eigenvalue weighted by Gasteiger charge is 2.45. The summed E-state index contributed by atoms with van der Waals surface area (Å²) in [7, 11) is 1.47. The van der Waals surface area contributed by atoms with E-state index in [4.69, 9.17) is 51.9 Å². The van der Waals surface area contributed by atoms with Crippen LogP contribution in [0.1, 0.15) is 108 Å². The van der Waals surface area contributed by atoms with Gasteiger partial charge in [0.05, 0.1) is 57.9 Å². The first-order valence-corrected chi connectivity index (χ1v) is 29.9. The number of amides is 1. The normalized spacial score (nSPS) is 15.7. The van der Waals surface area contributed by atoms with Crippen molar-refractivity contribution in [3.63, 3.8) is 0 Å². The third-order valence-electron chi connectivity index (χ3n) is 14.9. The van der Waals surface area contributed by atoms with Crippen molar-refractivity contribution in [3.05, 3.63) is 172 Å². The zero-order chi connectivity index (χ0) is 60.2. The largest absolute Gasteiger partial charge is 0.497 e. The Labute approximate surface area is 497 Å². The number of methoxy groups -OCH3 is 2. The van der Waals surface area contributed by atoms with Gasteiger partial charge in [0.2, 0.25) is 11.8 Å². The van der Waals surface area contributed by atoms with Gasteiger partial charge in [-0.05, 0) is 124 Å². The Kier molecular flexibility index (Phi) is 20.5. The molecule has 0 saturated carbocycles. The molecule has 1 saturated heterocycles. The molecule has 8 aromatic rings. The summed E-state index contributed by atoms with van der Waals surface area (Å²) in [5.74, 6) is 1.53. The second-order valence-corrected chi connectivity index (χ2v) is 22.8. The van der Waals surface area contributed by atoms with E-state index in [1.807, 2.05) is 121 Å². The fraction of sp³-hybridized carbons (Fsp3) is 0.385. The number of hydrogen-bond donors (Lipinski definition) is 1. The molecule has 5 aromatic carbocycles. The maximum Gasteiger partial charge on any atom is 0.342 e. The van der Waals surface area contributed by atoms with Gasteiger partial charge < -0.3 is 46.8 Å². The highest BCUT2D eigenvalue weighted by Crippen LogP contribution is 2.51. The number of nitriles is 1. The van der Waals surface area contributed by atoms with Crippen LogP contribution >= 0.6 is 8.53 Å². The SMILES string of the molecule is CCN(CC)c1ccc2cc(COc3nc(NC(=O)COc4ccc(C(C)C)cc4)nc4c3ncn4[C@H]3C[C@H](OP(OCCC#N)N(C(C)C)C(C)C)[C@@H](COC(c4ccccc4)(c4ccc(OC)cc4)c4ccc(OC)cc4)O3)c(=O)oc2c1. The summed E-state index contributed by atoms with van der Waals surface area (Å²) in [6.45, 7) is 17.8. The van der Waals surface area contributed by atoms with E-state index in [1.54, 1.807) is 31.2 Å². The minimum Gasteiger partial charge on any atom is -0.497 e. The van der Waals surface area contributed by atoms with E-state index in [9.17, 15) is 14.9 Å². The Hall–Kier alpha value is -7.95. The first-order chi connectivity index (χ1) is 41.2. The third-order valence-corrected chi connectivity index (χ3v) is 17.0. The maximum absolute atomic E-state index is 13.8. The summed E-state index contributed by atoms with van der Waals surface area (Å²) in [5, 5.41) is 13.2. The number of benzene rings is 5. The van der Waals surface area contributed by atoms with Gasteiger partial charge in [-0.3, -0.25) is 14.7 Å². The van der Waals surface area contributed by atoms with Crippen LogP contribution in [0.15, 0.2) is 143 Å². The fourth-order valence-electron chi connectivity index (χ4n) is 10.5. The standard InChI is InChI=1S/C65H75N8O11P/c1-11-71(12-2)51-26-19-46-35-47(63(75)83-55(46)36-51)38-79-62-60-61(69-64(70-62)68-58(74)40-78-54-27-20-45(21-28-54)42(3)4)72(41-67-60)59-37-56(84-85(81-34-16-33-66)73(43(5)6)44(7)8)57(82-59)39-80-65(48-17-14-13-15-18-48,49-22-29-52(76-9)30-23-49)50-24-31-53(77-10)32-25-50/h13-15,17-32,35-36,41-44,56-57,59H,11-12,16,34,37-40H2,1-10H3,(H,68,69,70,74)/t56-,57+,59+,85?/m0/s1. The number of ether oxygens (including phenoxy) is 6. The van der Waals surface area contributed by atoms with E-state index in [-0.39, 0.29) is 79.9 Å². The van der Waals surface area contributed by atoms with Crippen molar-refractivity contribution in [2.24, 2.45) is 0 Å². The molecule has 0 radical (unpaired) electrons. The summed E-state index contributed by atoms with van der Waals surface area (Å²) in [6, 6.07) is 42.9. The molecule has 4 atom stereocenters. The van der Waals surface area contributed by atoms with E-state index in [2.05, 4.69) is 81.3 Å². The van der Waals surface area contributed by atoms with Crippen molar-refractivity contribution in [1.82, 2.24) is 24.2 Å². The first kappa shape index (κ1) is 61.6. The van der Waals surface area contributed by atoms with Crippen molar-refractivity contribution in [2.75, 3.05) is 57.3 Å². The number of nitrogens with zero attached hydrogens (tertiary/aromatic N) is 7. The van der Waals surface area contributed by atoms with Crippen molar-refractivity contribution >= 4 is 48.2 Å². The zero-order valence-corrected chi connectivity index (χ0v) is 50.8. The summed E-state index contributed by atoms with van der Waals surface area (Å²) in [5.41, 5.74) is 3.94. The second kappa shape index (κ2) is 28.3. The quantitative estimate of drug-likeness (QED) is 0.0209. The second-order valence-electron chi connectivity index (χ2n) is 21.3. The lowest BCUT2D eigenvalue weighted by molar-refractivity contribution is -0.118. The highest BCUT2D eigenvalue weighted by atomic mass is 31.2. The van der Waals surface area contributed by atoms with E-state index in [0.717, 1.165) is 41.0 Å². The smallest absolute Gasteiger partial charge is 0.342 e. The molecule has 20 heteroatoms. The average molecular weight is 1180 g/mol. The van der Waals surface area contributed by atoms with Gasteiger partial charge in [0.1, 0.15) is 47.4 Å². The van der Waals surface area contributed by atoms with Gasteiger partial charge in [-0.1, -0.05) is 80.6 Å². The van der Waals surface area contributed by atoms with Crippen molar-refractivity contribution in [2.45, 2.75) is 117 Å². The van der Waals surface area contributed by atoms with Crippen LogP contribution in [0, 0.1) is 11.3 Å². The van der Waals surface area contributed by atoms with Gasteiger partial charge in [0.25, 0.3) is 14.4 Å². The molecule has 1 aliphatic rings. The van der Waals surface area contributed by atoms with Crippen molar-refractivity contribution in [1.29, 1.82) is 5.26 Å². The van der Waals surface area contributed by atoms with E-state index in [1.165, 1.54) is 0 Å². The molecule has 4 heterocycles. The van der Waals surface area contributed by atoms with Crippen LogP contribution in [0.5, 0.6) is 23.1 Å². The summed E-state index contributed by atoms with van der Waals surface area (Å²) in [4.78, 5) is 43.9. The van der Waals surface area contributed by atoms with Gasteiger partial charge in [-0.25, -0.2) is 14.4 Å². The minimum atomic E-state index is -1.78. The Morgan fingerprint density at radius 3 is 2.08 bits per heavy atom. The molecular formula is C65H75N8O11P. The predicted octanol–water partition coefficient (Wildman–Crippen LogP) is 12.5. The van der Waals surface area contributed by atoms with Crippen LogP contribution in [0.25, 0.3) is 22.1 Å². The van der Waals surface area contributed by atoms with Crippen LogP contribution in [0.3, 0.4) is 0 Å². The van der Waals surface area contributed by atoms with Crippen molar-refractivity contribution in [3.8, 4) is 29.2 Å². The van der Waals surface area contributed by atoms with Gasteiger partial charge >= 0.3 is 5.63 Å². The van der Waals surface area contributed by atoms with Gasteiger partial charge in [-0.15, -0.1) is 0 Å². The lowest BCUT2D eigenvalue weighted by atomic mass is 9.80. The van der Waals surface area contributed by atoms with E-state index >= 15 is 0 Å². The van der Waals surface area contributed by atoms with E-state index < -0.39 is 44.1 Å². The molecule has 1 N–H and O–H groups in total. The molecular weight excluding hydrogens is 1100 g/mol. The monoisotopic (exact) mass is 1170 g/mol. The maximum atomic E-state index is 13.8. The molecule has 3 aromatic heterocycles. The van der Waals surface area contributed by atoms with Crippen LogP contribution in [-0.2, 0) is 35.5 Å². The number of aromatic nitrogens is 4. The molecule has 0 aliphatic carbocycles. The molecule has 1 aliphatic heterocycles. The number of imidazole rings is 1. The molecule has 1 unspecified atom stereocenters. The van der Waals surface area contributed by atoms with Gasteiger partial charge in [0, 0.05) is 48.7 Å². The topological polar surface area (TPSA) is 207 Å². The zero-order valence-electron chi connectivity index (χ0n) is 49.9. The summed E-state index contributed by atoms with van der Waals surface area (Å²) < 4.78 is 61.7.